The maximum absolute atomic E-state index is 12.8. The van der Waals surface area contributed by atoms with Crippen LogP contribution in [0.4, 0.5) is 4.79 Å². The summed E-state index contributed by atoms with van der Waals surface area (Å²) in [5.74, 6) is 0.239. The molecule has 7 nitrogen and oxygen atoms in total. The summed E-state index contributed by atoms with van der Waals surface area (Å²) in [6, 6.07) is 6.16. The van der Waals surface area contributed by atoms with Crippen molar-refractivity contribution < 1.29 is 24.2 Å². The Bertz CT molecular complexity index is 708. The number of rotatable bonds is 6. The highest BCUT2D eigenvalue weighted by Crippen LogP contribution is 2.32. The standard InChI is InChI=1S/C20H26N2O5/c1-14(23)15-6-8-17(9-7-15)27-13-16(24)12-22-18(25)20(21-19(22)26)10-4-2-3-5-11-20/h6-9,16,24H,2-5,10-13H2,1H3,(H,21,26)/t16-/m0/s1. The third kappa shape index (κ3) is 4.30. The molecule has 0 bridgehead atoms. The van der Waals surface area contributed by atoms with Crippen LogP contribution in [0, 0.1) is 0 Å². The van der Waals surface area contributed by atoms with Gasteiger partial charge in [-0.1, -0.05) is 25.7 Å². The molecule has 3 rings (SSSR count). The Labute approximate surface area is 158 Å². The lowest BCUT2D eigenvalue weighted by Gasteiger charge is -2.25. The number of imide groups is 1. The van der Waals surface area contributed by atoms with E-state index < -0.39 is 17.7 Å². The van der Waals surface area contributed by atoms with Crippen LogP contribution >= 0.6 is 0 Å². The van der Waals surface area contributed by atoms with Crippen molar-refractivity contribution in [3.8, 4) is 5.75 Å². The number of hydrogen-bond donors (Lipinski definition) is 2. The first-order chi connectivity index (χ1) is 12.9. The average molecular weight is 374 g/mol. The van der Waals surface area contributed by atoms with Crippen molar-refractivity contribution in [1.29, 1.82) is 0 Å². The zero-order valence-electron chi connectivity index (χ0n) is 15.6. The highest BCUT2D eigenvalue weighted by molar-refractivity contribution is 6.07. The van der Waals surface area contributed by atoms with Crippen molar-refractivity contribution in [2.24, 2.45) is 0 Å². The molecule has 146 valence electrons. The fourth-order valence-corrected chi connectivity index (χ4v) is 3.75. The van der Waals surface area contributed by atoms with E-state index in [0.29, 0.717) is 24.2 Å². The van der Waals surface area contributed by atoms with Crippen molar-refractivity contribution in [2.45, 2.75) is 57.1 Å². The number of nitrogens with zero attached hydrogens (tertiary/aromatic N) is 1. The van der Waals surface area contributed by atoms with E-state index in [1.165, 1.54) is 6.92 Å². The number of aliphatic hydroxyl groups is 1. The SMILES string of the molecule is CC(=O)c1ccc(OC[C@@H](O)CN2C(=O)NC3(CCCCCC3)C2=O)cc1. The van der Waals surface area contributed by atoms with Gasteiger partial charge in [-0.15, -0.1) is 0 Å². The van der Waals surface area contributed by atoms with Gasteiger partial charge in [-0.2, -0.15) is 0 Å². The van der Waals surface area contributed by atoms with Crippen molar-refractivity contribution in [2.75, 3.05) is 13.2 Å². The summed E-state index contributed by atoms with van der Waals surface area (Å²) in [6.07, 6.45) is 4.30. The largest absolute Gasteiger partial charge is 0.491 e. The van der Waals surface area contributed by atoms with E-state index in [0.717, 1.165) is 30.6 Å². The highest BCUT2D eigenvalue weighted by atomic mass is 16.5. The highest BCUT2D eigenvalue weighted by Gasteiger charge is 2.50. The molecule has 7 heteroatoms. The van der Waals surface area contributed by atoms with E-state index in [1.807, 2.05) is 0 Å². The van der Waals surface area contributed by atoms with Crippen LogP contribution in [-0.2, 0) is 4.79 Å². The summed E-state index contributed by atoms with van der Waals surface area (Å²) >= 11 is 0. The Hall–Kier alpha value is -2.41. The molecule has 1 aliphatic heterocycles. The molecule has 1 saturated carbocycles. The van der Waals surface area contributed by atoms with Gasteiger partial charge in [-0.05, 0) is 44.0 Å². The third-order valence-electron chi connectivity index (χ3n) is 5.30. The minimum absolute atomic E-state index is 0.0346. The number of amides is 3. The number of Topliss-reactive ketones (excluding diaryl/α,β-unsaturated/α-hetero) is 1. The maximum Gasteiger partial charge on any atom is 0.325 e. The second-order valence-electron chi connectivity index (χ2n) is 7.39. The molecule has 1 aromatic carbocycles. The molecule has 1 aromatic rings. The van der Waals surface area contributed by atoms with Gasteiger partial charge in [0.1, 0.15) is 24.0 Å². The molecule has 2 fully saturated rings. The Morgan fingerprint density at radius 1 is 1.19 bits per heavy atom. The van der Waals surface area contributed by atoms with Crippen LogP contribution in [0.2, 0.25) is 0 Å². The number of β-amino-alcohol motifs (C(OH)–C–C–N with tert-alkyl or cyclic N) is 1. The van der Waals surface area contributed by atoms with Crippen molar-refractivity contribution >= 4 is 17.7 Å². The Balaban J connectivity index is 1.55. The summed E-state index contributed by atoms with van der Waals surface area (Å²) in [6.45, 7) is 1.33. The average Bonchev–Trinajstić information content (AvgIpc) is 2.82. The molecule has 27 heavy (non-hydrogen) atoms. The fourth-order valence-electron chi connectivity index (χ4n) is 3.75. The fraction of sp³-hybridized carbons (Fsp3) is 0.550. The second kappa shape index (κ2) is 8.08. The van der Waals surface area contributed by atoms with Crippen molar-refractivity contribution in [3.05, 3.63) is 29.8 Å². The number of ether oxygens (including phenoxy) is 1. The van der Waals surface area contributed by atoms with Gasteiger partial charge in [0.05, 0.1) is 6.54 Å². The molecule has 2 N–H and O–H groups in total. The predicted molar refractivity (Wildman–Crippen MR) is 98.6 cm³/mol. The van der Waals surface area contributed by atoms with Gasteiger partial charge in [0.2, 0.25) is 0 Å². The van der Waals surface area contributed by atoms with Gasteiger partial charge in [0.25, 0.3) is 5.91 Å². The van der Waals surface area contributed by atoms with Crippen LogP contribution in [0.15, 0.2) is 24.3 Å². The summed E-state index contributed by atoms with van der Waals surface area (Å²) in [5.41, 5.74) is -0.215. The van der Waals surface area contributed by atoms with Crippen LogP contribution in [-0.4, -0.2) is 52.5 Å². The Morgan fingerprint density at radius 3 is 2.41 bits per heavy atom. The van der Waals surface area contributed by atoms with Crippen molar-refractivity contribution in [1.82, 2.24) is 10.2 Å². The van der Waals surface area contributed by atoms with Gasteiger partial charge in [0, 0.05) is 5.56 Å². The molecular weight excluding hydrogens is 348 g/mol. The first-order valence-electron chi connectivity index (χ1n) is 9.47. The molecule has 1 heterocycles. The van der Waals surface area contributed by atoms with Crippen molar-refractivity contribution in [3.63, 3.8) is 0 Å². The second-order valence-corrected chi connectivity index (χ2v) is 7.39. The van der Waals surface area contributed by atoms with Crippen LogP contribution < -0.4 is 10.1 Å². The van der Waals surface area contributed by atoms with Crippen LogP contribution in [0.25, 0.3) is 0 Å². The molecular formula is C20H26N2O5. The molecule has 1 spiro atoms. The van der Waals surface area contributed by atoms with E-state index in [2.05, 4.69) is 5.32 Å². The summed E-state index contributed by atoms with van der Waals surface area (Å²) in [5, 5.41) is 13.1. The minimum Gasteiger partial charge on any atom is -0.491 e. The molecule has 0 radical (unpaired) electrons. The van der Waals surface area contributed by atoms with Crippen LogP contribution in [0.3, 0.4) is 0 Å². The number of aliphatic hydroxyl groups excluding tert-OH is 1. The number of carbonyl (C=O) groups is 3. The molecule has 0 unspecified atom stereocenters. The predicted octanol–water partition coefficient (Wildman–Crippen LogP) is 2.27. The summed E-state index contributed by atoms with van der Waals surface area (Å²) in [4.78, 5) is 37.5. The zero-order chi connectivity index (χ0) is 19.4. The van der Waals surface area contributed by atoms with Gasteiger partial charge < -0.3 is 15.2 Å². The Kier molecular flexibility index (Phi) is 5.79. The van der Waals surface area contributed by atoms with E-state index in [4.69, 9.17) is 4.74 Å². The molecule has 1 saturated heterocycles. The lowest BCUT2D eigenvalue weighted by Crippen LogP contribution is -2.47. The normalized spacial score (nSPS) is 20.3. The van der Waals surface area contributed by atoms with E-state index >= 15 is 0 Å². The molecule has 1 atom stereocenters. The van der Waals surface area contributed by atoms with E-state index in [9.17, 15) is 19.5 Å². The zero-order valence-corrected chi connectivity index (χ0v) is 15.6. The van der Waals surface area contributed by atoms with Gasteiger partial charge >= 0.3 is 6.03 Å². The lowest BCUT2D eigenvalue weighted by molar-refractivity contribution is -0.132. The minimum atomic E-state index is -0.992. The lowest BCUT2D eigenvalue weighted by atomic mass is 9.90. The number of urea groups is 1. The van der Waals surface area contributed by atoms with Gasteiger partial charge in [-0.25, -0.2) is 4.79 Å². The molecule has 0 aromatic heterocycles. The number of carbonyl (C=O) groups excluding carboxylic acids is 3. The molecule has 3 amide bonds. The van der Waals surface area contributed by atoms with Gasteiger partial charge in [-0.3, -0.25) is 14.5 Å². The van der Waals surface area contributed by atoms with E-state index in [-0.39, 0.29) is 24.8 Å². The third-order valence-corrected chi connectivity index (χ3v) is 5.30. The number of hydrogen-bond acceptors (Lipinski definition) is 5. The van der Waals surface area contributed by atoms with E-state index in [1.54, 1.807) is 24.3 Å². The molecule has 2 aliphatic rings. The Morgan fingerprint density at radius 2 is 1.81 bits per heavy atom. The quantitative estimate of drug-likeness (QED) is 0.588. The van der Waals surface area contributed by atoms with Gasteiger partial charge in [0.15, 0.2) is 5.78 Å². The topological polar surface area (TPSA) is 95.9 Å². The monoisotopic (exact) mass is 374 g/mol. The molecule has 1 aliphatic carbocycles. The van der Waals surface area contributed by atoms with Crippen LogP contribution in [0.1, 0.15) is 55.8 Å². The summed E-state index contributed by atoms with van der Waals surface area (Å²) < 4.78 is 5.51. The first-order valence-corrected chi connectivity index (χ1v) is 9.47. The number of benzene rings is 1. The summed E-state index contributed by atoms with van der Waals surface area (Å²) in [7, 11) is 0. The smallest absolute Gasteiger partial charge is 0.325 e. The number of nitrogens with one attached hydrogen (secondary N) is 1. The number of ketones is 1. The first kappa shape index (κ1) is 19.4. The van der Waals surface area contributed by atoms with Crippen LogP contribution in [0.5, 0.6) is 5.75 Å². The maximum atomic E-state index is 12.8.